The van der Waals surface area contributed by atoms with E-state index in [1.54, 1.807) is 13.0 Å². The third-order valence-electron chi connectivity index (χ3n) is 6.78. The van der Waals surface area contributed by atoms with Gasteiger partial charge in [0.2, 0.25) is 21.7 Å². The summed E-state index contributed by atoms with van der Waals surface area (Å²) in [5.74, 6) is -0.913. The maximum Gasteiger partial charge on any atom is 0.277 e. The number of hydrogen-bond donors (Lipinski definition) is 1. The molecule has 8 nitrogen and oxygen atoms in total. The van der Waals surface area contributed by atoms with Gasteiger partial charge in [0.05, 0.1) is 17.5 Å². The van der Waals surface area contributed by atoms with Crippen molar-refractivity contribution in [3.05, 3.63) is 100 Å². The van der Waals surface area contributed by atoms with Crippen LogP contribution in [0.25, 0.3) is 11.1 Å². The van der Waals surface area contributed by atoms with Crippen LogP contribution in [0, 0.1) is 18.8 Å². The fourth-order valence-corrected chi connectivity index (χ4v) is 5.95. The molecule has 2 aromatic carbocycles. The van der Waals surface area contributed by atoms with E-state index in [9.17, 15) is 22.7 Å². The Kier molecular flexibility index (Phi) is 8.80. The summed E-state index contributed by atoms with van der Waals surface area (Å²) in [7, 11) is -2.99. The third-order valence-corrected chi connectivity index (χ3v) is 8.57. The maximum absolute atomic E-state index is 14.0. The summed E-state index contributed by atoms with van der Waals surface area (Å²) < 4.78 is 48.3. The predicted octanol–water partition coefficient (Wildman–Crippen LogP) is 5.12. The molecule has 0 aliphatic rings. The van der Waals surface area contributed by atoms with Gasteiger partial charge < -0.3 is 9.84 Å². The molecule has 0 saturated heterocycles. The Morgan fingerprint density at radius 1 is 1.05 bits per heavy atom. The zero-order valence-electron chi connectivity index (χ0n) is 22.8. The lowest BCUT2D eigenvalue weighted by atomic mass is 10.0. The molecule has 0 unspecified atom stereocenters. The summed E-state index contributed by atoms with van der Waals surface area (Å²) in [5, 5.41) is 10.9. The minimum atomic E-state index is -4.49. The van der Waals surface area contributed by atoms with Crippen LogP contribution < -0.4 is 5.56 Å². The molecule has 4 rings (SSSR count). The molecule has 1 N–H and O–H groups in total. The van der Waals surface area contributed by atoms with Gasteiger partial charge in [0.25, 0.3) is 5.56 Å². The molecule has 210 valence electrons. The lowest BCUT2D eigenvalue weighted by Gasteiger charge is -2.24. The Morgan fingerprint density at radius 2 is 1.73 bits per heavy atom. The average molecular weight is 566 g/mol. The second kappa shape index (κ2) is 12.1. The highest BCUT2D eigenvalue weighted by atomic mass is 32.2. The second-order valence-corrected chi connectivity index (χ2v) is 11.9. The first-order chi connectivity index (χ1) is 19.1. The number of aromatic hydroxyl groups is 1. The van der Waals surface area contributed by atoms with Gasteiger partial charge in [-0.25, -0.2) is 13.4 Å². The van der Waals surface area contributed by atoms with Crippen LogP contribution in [-0.2, 0) is 21.0 Å². The van der Waals surface area contributed by atoms with E-state index in [0.717, 1.165) is 5.56 Å². The number of aryl methyl sites for hydroxylation is 1. The highest BCUT2D eigenvalue weighted by molar-refractivity contribution is 7.91. The summed E-state index contributed by atoms with van der Waals surface area (Å²) in [5.41, 5.74) is 1.31. The summed E-state index contributed by atoms with van der Waals surface area (Å²) >= 11 is 0. The van der Waals surface area contributed by atoms with Crippen molar-refractivity contribution in [2.24, 2.45) is 5.92 Å². The first kappa shape index (κ1) is 29.1. The largest absolute Gasteiger partial charge is 0.492 e. The van der Waals surface area contributed by atoms with Crippen molar-refractivity contribution in [3.63, 3.8) is 0 Å². The normalized spacial score (nSPS) is 12.6. The number of aromatic nitrogens is 3. The Bertz CT molecular complexity index is 1650. The van der Waals surface area contributed by atoms with Gasteiger partial charge in [-0.2, -0.15) is 9.37 Å². The third kappa shape index (κ3) is 5.83. The topological polar surface area (TPSA) is 111 Å². The van der Waals surface area contributed by atoms with Crippen molar-refractivity contribution < 1.29 is 22.7 Å². The minimum absolute atomic E-state index is 0.0844. The zero-order chi connectivity index (χ0) is 29.0. The summed E-state index contributed by atoms with van der Waals surface area (Å²) in [4.78, 5) is 20.9. The highest BCUT2D eigenvalue weighted by Crippen LogP contribution is 2.30. The molecule has 40 heavy (non-hydrogen) atoms. The van der Waals surface area contributed by atoms with E-state index in [-0.39, 0.29) is 23.2 Å². The quantitative estimate of drug-likeness (QED) is 0.266. The van der Waals surface area contributed by atoms with E-state index in [2.05, 4.69) is 9.97 Å². The molecule has 4 aromatic rings. The molecule has 0 spiro atoms. The number of pyridine rings is 1. The number of rotatable bonds is 10. The van der Waals surface area contributed by atoms with Crippen molar-refractivity contribution in [1.82, 2.24) is 14.5 Å². The summed E-state index contributed by atoms with van der Waals surface area (Å²) in [6.07, 6.45) is 2.35. The number of benzene rings is 2. The van der Waals surface area contributed by atoms with Crippen LogP contribution >= 0.6 is 0 Å². The summed E-state index contributed by atoms with van der Waals surface area (Å²) in [6, 6.07) is 15.8. The van der Waals surface area contributed by atoms with Gasteiger partial charge in [-0.3, -0.25) is 9.36 Å². The minimum Gasteiger partial charge on any atom is -0.492 e. The van der Waals surface area contributed by atoms with E-state index in [1.807, 2.05) is 44.2 Å². The molecule has 2 heterocycles. The van der Waals surface area contributed by atoms with Gasteiger partial charge in [0.15, 0.2) is 4.90 Å². The standard InChI is InChI=1S/C30H32FN3O5S/c1-19(2)10-15-26-33-29(35)27(30(36)34(26)25(18-39-4)22-8-6-5-7-9-22)40(37,38)23-13-11-21(12-14-23)24-16-17-32-28(31)20(24)3/h5-9,11-14,16-17,19,25,35H,10,15,18H2,1-4H3/t25-/m0/s1. The van der Waals surface area contributed by atoms with Crippen LogP contribution in [0.15, 0.2) is 81.4 Å². The first-order valence-corrected chi connectivity index (χ1v) is 14.4. The van der Waals surface area contributed by atoms with Gasteiger partial charge in [-0.1, -0.05) is 56.3 Å². The number of nitrogens with zero attached hydrogens (tertiary/aromatic N) is 3. The molecule has 0 aliphatic heterocycles. The number of hydrogen-bond acceptors (Lipinski definition) is 7. The SMILES string of the molecule is COC[C@@H](c1ccccc1)n1c(CCC(C)C)nc(O)c(S(=O)(=O)c2ccc(-c3ccnc(F)c3C)cc2)c1=O. The molecule has 0 aliphatic carbocycles. The molecule has 0 bridgehead atoms. The smallest absolute Gasteiger partial charge is 0.277 e. The van der Waals surface area contributed by atoms with Crippen LogP contribution in [0.4, 0.5) is 4.39 Å². The molecule has 0 fully saturated rings. The molecule has 2 aromatic heterocycles. The highest BCUT2D eigenvalue weighted by Gasteiger charge is 2.32. The van der Waals surface area contributed by atoms with E-state index in [4.69, 9.17) is 4.74 Å². The van der Waals surface area contributed by atoms with Crippen LogP contribution in [-0.4, -0.2) is 41.8 Å². The number of ether oxygens (including phenoxy) is 1. The Hall–Kier alpha value is -3.89. The number of methoxy groups -OCH3 is 1. The first-order valence-electron chi connectivity index (χ1n) is 12.9. The van der Waals surface area contributed by atoms with Crippen molar-refractivity contribution in [3.8, 4) is 17.0 Å². The molecule has 0 radical (unpaired) electrons. The Balaban J connectivity index is 1.87. The van der Waals surface area contributed by atoms with E-state index in [1.165, 1.54) is 42.1 Å². The van der Waals surface area contributed by atoms with E-state index >= 15 is 0 Å². The lowest BCUT2D eigenvalue weighted by Crippen LogP contribution is -2.35. The fourth-order valence-electron chi connectivity index (χ4n) is 4.61. The van der Waals surface area contributed by atoms with Gasteiger partial charge >= 0.3 is 0 Å². The number of halogens is 1. The molecular weight excluding hydrogens is 533 g/mol. The second-order valence-electron chi connectivity index (χ2n) is 9.97. The van der Waals surface area contributed by atoms with Gasteiger partial charge in [0, 0.05) is 25.3 Å². The fraction of sp³-hybridized carbons (Fsp3) is 0.300. The van der Waals surface area contributed by atoms with Crippen molar-refractivity contribution in [2.75, 3.05) is 13.7 Å². The van der Waals surface area contributed by atoms with Crippen molar-refractivity contribution in [2.45, 2.75) is 49.4 Å². The van der Waals surface area contributed by atoms with Gasteiger partial charge in [-0.05, 0) is 54.2 Å². The Labute approximate surface area is 233 Å². The van der Waals surface area contributed by atoms with Gasteiger partial charge in [0.1, 0.15) is 5.82 Å². The molecule has 10 heteroatoms. The van der Waals surface area contributed by atoms with E-state index in [0.29, 0.717) is 29.5 Å². The summed E-state index contributed by atoms with van der Waals surface area (Å²) in [6.45, 7) is 5.71. The molecule has 0 amide bonds. The average Bonchev–Trinajstić information content (AvgIpc) is 2.93. The van der Waals surface area contributed by atoms with Crippen LogP contribution in [0.3, 0.4) is 0 Å². The van der Waals surface area contributed by atoms with Gasteiger partial charge in [-0.15, -0.1) is 0 Å². The molecule has 1 atom stereocenters. The van der Waals surface area contributed by atoms with Crippen molar-refractivity contribution in [1.29, 1.82) is 0 Å². The maximum atomic E-state index is 14.0. The van der Waals surface area contributed by atoms with Crippen LogP contribution in [0.2, 0.25) is 0 Å². The number of sulfone groups is 1. The molecular formula is C30H32FN3O5S. The lowest BCUT2D eigenvalue weighted by molar-refractivity contribution is 0.165. The predicted molar refractivity (Wildman–Crippen MR) is 150 cm³/mol. The Morgan fingerprint density at radius 3 is 2.35 bits per heavy atom. The monoisotopic (exact) mass is 565 g/mol. The van der Waals surface area contributed by atoms with E-state index < -0.39 is 38.2 Å². The van der Waals surface area contributed by atoms with Crippen LogP contribution in [0.5, 0.6) is 5.88 Å². The molecule has 0 saturated carbocycles. The zero-order valence-corrected chi connectivity index (χ0v) is 23.7. The van der Waals surface area contributed by atoms with Crippen LogP contribution in [0.1, 0.15) is 43.3 Å². The van der Waals surface area contributed by atoms with Crippen molar-refractivity contribution >= 4 is 9.84 Å².